The molecule has 0 spiro atoms. The Morgan fingerprint density at radius 3 is 2.29 bits per heavy atom. The van der Waals surface area contributed by atoms with E-state index in [0.717, 1.165) is 22.3 Å². The van der Waals surface area contributed by atoms with Gasteiger partial charge in [0.25, 0.3) is 0 Å². The third-order valence-electron chi connectivity index (χ3n) is 6.22. The number of aliphatic hydroxyl groups excluding tert-OH is 1. The zero-order valence-corrected chi connectivity index (χ0v) is 18.6. The van der Waals surface area contributed by atoms with Crippen LogP contribution >= 0.6 is 0 Å². The number of fused-ring (bicyclic) bond motifs is 3. The predicted octanol–water partition coefficient (Wildman–Crippen LogP) is 2.02. The smallest absolute Gasteiger partial charge is 0.407 e. The Kier molecular flexibility index (Phi) is 7.44. The monoisotopic (exact) mass is 468 g/mol. The van der Waals surface area contributed by atoms with Crippen molar-refractivity contribution in [2.75, 3.05) is 19.7 Å². The molecule has 1 saturated heterocycles. The summed E-state index contributed by atoms with van der Waals surface area (Å²) in [5.74, 6) is -1.71. The van der Waals surface area contributed by atoms with E-state index < -0.39 is 24.3 Å². The second-order valence-electron chi connectivity index (χ2n) is 8.46. The average molecular weight is 469 g/mol. The van der Waals surface area contributed by atoms with Crippen molar-refractivity contribution >= 4 is 18.0 Å². The molecule has 0 bridgehead atoms. The van der Waals surface area contributed by atoms with Crippen LogP contribution in [0.5, 0.6) is 0 Å². The highest BCUT2D eigenvalue weighted by Gasteiger charge is 2.32. The normalized spacial score (nSPS) is 19.7. The van der Waals surface area contributed by atoms with Gasteiger partial charge in [0.15, 0.2) is 6.10 Å². The summed E-state index contributed by atoms with van der Waals surface area (Å²) >= 11 is 0. The number of hydrogen-bond donors (Lipinski definition) is 4. The molecule has 2 aromatic carbocycles. The van der Waals surface area contributed by atoms with Gasteiger partial charge in [0, 0.05) is 25.4 Å². The minimum atomic E-state index is -1.51. The first kappa shape index (κ1) is 23.7. The molecule has 4 N–H and O–H groups in total. The minimum absolute atomic E-state index is 0.0198. The van der Waals surface area contributed by atoms with Crippen LogP contribution in [-0.2, 0) is 19.1 Å². The highest BCUT2D eigenvalue weighted by molar-refractivity contribution is 5.81. The summed E-state index contributed by atoms with van der Waals surface area (Å²) < 4.78 is 11.2. The number of carbonyl (C=O) groups is 3. The SMILES string of the molecule is O=C(NCC1CCC(C(=O)NCC[C@H](O)C(=O)O)O1)OCC1c2ccccc2-c2ccccc21. The highest BCUT2D eigenvalue weighted by Crippen LogP contribution is 2.44. The molecule has 1 heterocycles. The first-order chi connectivity index (χ1) is 16.4. The predicted molar refractivity (Wildman–Crippen MR) is 122 cm³/mol. The molecular formula is C25H28N2O7. The molecular weight excluding hydrogens is 440 g/mol. The second kappa shape index (κ2) is 10.7. The fourth-order valence-corrected chi connectivity index (χ4v) is 4.46. The van der Waals surface area contributed by atoms with Gasteiger partial charge in [-0.15, -0.1) is 0 Å². The molecule has 2 amide bonds. The fraction of sp³-hybridized carbons (Fsp3) is 0.400. The van der Waals surface area contributed by atoms with Crippen molar-refractivity contribution in [1.82, 2.24) is 10.6 Å². The lowest BCUT2D eigenvalue weighted by atomic mass is 9.98. The molecule has 0 aromatic heterocycles. The number of rotatable bonds is 9. The zero-order chi connectivity index (χ0) is 24.1. The van der Waals surface area contributed by atoms with Gasteiger partial charge in [-0.3, -0.25) is 4.79 Å². The van der Waals surface area contributed by atoms with Crippen LogP contribution in [0.15, 0.2) is 48.5 Å². The molecule has 1 fully saturated rings. The van der Waals surface area contributed by atoms with Gasteiger partial charge in [-0.2, -0.15) is 0 Å². The maximum atomic E-state index is 12.3. The molecule has 9 heteroatoms. The number of aliphatic carboxylic acids is 1. The van der Waals surface area contributed by atoms with E-state index in [0.29, 0.717) is 12.8 Å². The maximum absolute atomic E-state index is 12.3. The number of hydrogen-bond acceptors (Lipinski definition) is 6. The molecule has 3 atom stereocenters. The number of amides is 2. The van der Waals surface area contributed by atoms with Gasteiger partial charge in [0.2, 0.25) is 5.91 Å². The van der Waals surface area contributed by atoms with Crippen LogP contribution in [0.25, 0.3) is 11.1 Å². The van der Waals surface area contributed by atoms with Crippen molar-refractivity contribution in [2.24, 2.45) is 0 Å². The summed E-state index contributed by atoms with van der Waals surface area (Å²) in [5, 5.41) is 23.2. The van der Waals surface area contributed by atoms with Gasteiger partial charge >= 0.3 is 12.1 Å². The van der Waals surface area contributed by atoms with Crippen molar-refractivity contribution in [1.29, 1.82) is 0 Å². The van der Waals surface area contributed by atoms with E-state index in [9.17, 15) is 19.5 Å². The summed E-state index contributed by atoms with van der Waals surface area (Å²) in [7, 11) is 0. The number of carbonyl (C=O) groups excluding carboxylic acids is 2. The minimum Gasteiger partial charge on any atom is -0.479 e. The van der Waals surface area contributed by atoms with E-state index in [1.807, 2.05) is 24.3 Å². The number of aliphatic hydroxyl groups is 1. The van der Waals surface area contributed by atoms with Crippen molar-refractivity contribution in [3.05, 3.63) is 59.7 Å². The van der Waals surface area contributed by atoms with E-state index in [4.69, 9.17) is 14.6 Å². The maximum Gasteiger partial charge on any atom is 0.407 e. The lowest BCUT2D eigenvalue weighted by molar-refractivity contribution is -0.147. The van der Waals surface area contributed by atoms with E-state index >= 15 is 0 Å². The van der Waals surface area contributed by atoms with Crippen LogP contribution in [0.3, 0.4) is 0 Å². The van der Waals surface area contributed by atoms with Crippen LogP contribution < -0.4 is 10.6 Å². The van der Waals surface area contributed by atoms with Crippen molar-refractivity contribution in [2.45, 2.75) is 43.5 Å². The van der Waals surface area contributed by atoms with Crippen LogP contribution in [-0.4, -0.2) is 66.2 Å². The molecule has 1 aliphatic carbocycles. The highest BCUT2D eigenvalue weighted by atomic mass is 16.5. The van der Waals surface area contributed by atoms with Crippen LogP contribution in [0.2, 0.25) is 0 Å². The third-order valence-corrected chi connectivity index (χ3v) is 6.22. The lowest BCUT2D eigenvalue weighted by Gasteiger charge is -2.16. The Morgan fingerprint density at radius 1 is 1.00 bits per heavy atom. The van der Waals surface area contributed by atoms with Gasteiger partial charge in [0.1, 0.15) is 12.7 Å². The summed E-state index contributed by atoms with van der Waals surface area (Å²) in [4.78, 5) is 35.1. The number of alkyl carbamates (subject to hydrolysis) is 1. The van der Waals surface area contributed by atoms with Gasteiger partial charge in [-0.05, 0) is 35.1 Å². The number of ether oxygens (including phenoxy) is 2. The Morgan fingerprint density at radius 2 is 1.65 bits per heavy atom. The van der Waals surface area contributed by atoms with Crippen LogP contribution in [0.1, 0.15) is 36.3 Å². The number of carboxylic acid groups (broad SMARTS) is 1. The molecule has 2 aromatic rings. The second-order valence-corrected chi connectivity index (χ2v) is 8.46. The first-order valence-electron chi connectivity index (χ1n) is 11.4. The summed E-state index contributed by atoms with van der Waals surface area (Å²) in [6.45, 7) is 0.478. The molecule has 0 saturated carbocycles. The van der Waals surface area contributed by atoms with Crippen molar-refractivity contribution in [3.8, 4) is 11.1 Å². The Hall–Kier alpha value is -3.43. The van der Waals surface area contributed by atoms with Gasteiger partial charge in [-0.1, -0.05) is 48.5 Å². The zero-order valence-electron chi connectivity index (χ0n) is 18.6. The van der Waals surface area contributed by atoms with Gasteiger partial charge in [0.05, 0.1) is 6.10 Å². The molecule has 4 rings (SSSR count). The summed E-state index contributed by atoms with van der Waals surface area (Å²) in [5.41, 5.74) is 4.60. The molecule has 2 unspecified atom stereocenters. The number of carboxylic acids is 1. The third kappa shape index (κ3) is 5.37. The Balaban J connectivity index is 1.20. The van der Waals surface area contributed by atoms with Crippen LogP contribution in [0, 0.1) is 0 Å². The van der Waals surface area contributed by atoms with E-state index in [-0.39, 0.29) is 44.0 Å². The summed E-state index contributed by atoms with van der Waals surface area (Å²) in [6, 6.07) is 16.2. The average Bonchev–Trinajstić information content (AvgIpc) is 3.44. The Bertz CT molecular complexity index is 1010. The topological polar surface area (TPSA) is 134 Å². The van der Waals surface area contributed by atoms with Gasteiger partial charge < -0.3 is 30.3 Å². The quantitative estimate of drug-likeness (QED) is 0.442. The molecule has 0 radical (unpaired) electrons. The standard InChI is InChI=1S/C25H28N2O7/c28-21(24(30)31)11-12-26-23(29)22-10-9-15(34-22)13-27-25(32)33-14-20-18-7-3-1-5-16(18)17-6-2-4-8-19(17)20/h1-8,15,20-22,28H,9-14H2,(H,26,29)(H,27,32)(H,30,31)/t15?,21-,22?/m0/s1. The number of benzene rings is 2. The molecule has 180 valence electrons. The van der Waals surface area contributed by atoms with Crippen molar-refractivity contribution in [3.63, 3.8) is 0 Å². The van der Waals surface area contributed by atoms with E-state index in [2.05, 4.69) is 34.9 Å². The molecule has 9 nitrogen and oxygen atoms in total. The largest absolute Gasteiger partial charge is 0.479 e. The van der Waals surface area contributed by atoms with Crippen LogP contribution in [0.4, 0.5) is 4.79 Å². The van der Waals surface area contributed by atoms with E-state index in [1.54, 1.807) is 0 Å². The summed E-state index contributed by atoms with van der Waals surface area (Å²) in [6.07, 6.45) is -2.04. The number of nitrogens with one attached hydrogen (secondary N) is 2. The Labute approximate surface area is 197 Å². The van der Waals surface area contributed by atoms with Crippen molar-refractivity contribution < 1.29 is 34.1 Å². The lowest BCUT2D eigenvalue weighted by Crippen LogP contribution is -2.38. The molecule has 34 heavy (non-hydrogen) atoms. The molecule has 2 aliphatic rings. The fourth-order valence-electron chi connectivity index (χ4n) is 4.46. The first-order valence-corrected chi connectivity index (χ1v) is 11.4. The molecule has 1 aliphatic heterocycles. The van der Waals surface area contributed by atoms with Gasteiger partial charge in [-0.25, -0.2) is 9.59 Å². The van der Waals surface area contributed by atoms with E-state index in [1.165, 1.54) is 0 Å².